The van der Waals surface area contributed by atoms with Gasteiger partial charge in [0.1, 0.15) is 0 Å². The molecule has 136 valence electrons. The minimum atomic E-state index is -0.821. The number of aromatic amines is 1. The second-order valence-electron chi connectivity index (χ2n) is 5.70. The molecule has 0 aliphatic rings. The van der Waals surface area contributed by atoms with Crippen LogP contribution in [0.4, 0.5) is 10.2 Å². The summed E-state index contributed by atoms with van der Waals surface area (Å²) in [6.45, 7) is 0.465. The molecule has 0 aromatic carbocycles. The lowest BCUT2D eigenvalue weighted by atomic mass is 10.2. The Morgan fingerprint density at radius 1 is 1.31 bits per heavy atom. The molecule has 0 bridgehead atoms. The Morgan fingerprint density at radius 2 is 2.15 bits per heavy atom. The summed E-state index contributed by atoms with van der Waals surface area (Å²) in [4.78, 5) is 30.2. The van der Waals surface area contributed by atoms with Crippen LogP contribution in [0, 0.1) is 5.82 Å². The molecule has 0 fully saturated rings. The number of H-pyrrole nitrogens is 1. The lowest BCUT2D eigenvalue weighted by molar-refractivity contribution is -0.137. The number of hydrogen-bond acceptors (Lipinski definition) is 6. The number of hydrogen-bond donors (Lipinski definition) is 3. The smallest absolute Gasteiger partial charge is 0.347 e. The van der Waals surface area contributed by atoms with Crippen molar-refractivity contribution in [3.63, 3.8) is 0 Å². The predicted molar refractivity (Wildman–Crippen MR) is 91.4 cm³/mol. The van der Waals surface area contributed by atoms with E-state index in [2.05, 4.69) is 25.5 Å². The van der Waals surface area contributed by atoms with E-state index in [0.29, 0.717) is 30.6 Å². The predicted octanol–water partition coefficient (Wildman–Crippen LogP) is 1.68. The Kier molecular flexibility index (Phi) is 5.20. The number of unbranched alkanes of at least 4 members (excludes halogenated alkanes) is 2. The number of carbonyl (C=O) groups is 1. The van der Waals surface area contributed by atoms with Gasteiger partial charge in [-0.15, -0.1) is 0 Å². The third-order valence-corrected chi connectivity index (χ3v) is 3.77. The van der Waals surface area contributed by atoms with Gasteiger partial charge in [-0.05, 0) is 25.0 Å². The topological polar surface area (TPSA) is 125 Å². The summed E-state index contributed by atoms with van der Waals surface area (Å²) in [7, 11) is 0. The molecule has 0 aliphatic heterocycles. The molecule has 0 aliphatic carbocycles. The van der Waals surface area contributed by atoms with Gasteiger partial charge in [-0.25, -0.2) is 28.7 Å². The van der Waals surface area contributed by atoms with Crippen LogP contribution in [0.5, 0.6) is 0 Å². The van der Waals surface area contributed by atoms with Crippen LogP contribution in [0.3, 0.4) is 0 Å². The zero-order valence-corrected chi connectivity index (χ0v) is 13.8. The Labute approximate surface area is 146 Å². The third kappa shape index (κ3) is 4.02. The average molecular weight is 360 g/mol. The van der Waals surface area contributed by atoms with Gasteiger partial charge in [0.15, 0.2) is 23.1 Å². The fourth-order valence-corrected chi connectivity index (χ4v) is 2.45. The molecule has 3 N–H and O–H groups in total. The van der Waals surface area contributed by atoms with Crippen LogP contribution in [-0.2, 0) is 4.79 Å². The highest BCUT2D eigenvalue weighted by Crippen LogP contribution is 2.18. The molecule has 3 aromatic rings. The standard InChI is InChI=1S/C16H17FN6O3/c17-11-8-19-14(10-5-6-12-21-22-16(26)23(12)9-10)20-15(11)18-7-3-1-2-4-13(24)25/h5-6,8-9H,1-4,7H2,(H,22,26)(H,24,25)(H,18,19,20). The van der Waals surface area contributed by atoms with Gasteiger partial charge in [0.2, 0.25) is 0 Å². The molecular formula is C16H17FN6O3. The molecule has 0 radical (unpaired) electrons. The van der Waals surface area contributed by atoms with Gasteiger partial charge in [-0.3, -0.25) is 4.79 Å². The first-order valence-electron chi connectivity index (χ1n) is 8.10. The minimum Gasteiger partial charge on any atom is -0.481 e. The van der Waals surface area contributed by atoms with Gasteiger partial charge in [0.05, 0.1) is 6.20 Å². The highest BCUT2D eigenvalue weighted by atomic mass is 19.1. The molecule has 3 rings (SSSR count). The lowest BCUT2D eigenvalue weighted by Crippen LogP contribution is -2.10. The summed E-state index contributed by atoms with van der Waals surface area (Å²) in [6.07, 6.45) is 4.72. The van der Waals surface area contributed by atoms with E-state index in [1.165, 1.54) is 10.6 Å². The molecule has 0 saturated carbocycles. The number of nitrogens with one attached hydrogen (secondary N) is 2. The van der Waals surface area contributed by atoms with Crippen LogP contribution >= 0.6 is 0 Å². The highest BCUT2D eigenvalue weighted by molar-refractivity contribution is 5.66. The Balaban J connectivity index is 1.69. The normalized spacial score (nSPS) is 11.0. The fraction of sp³-hybridized carbons (Fsp3) is 0.312. The van der Waals surface area contributed by atoms with E-state index < -0.39 is 11.8 Å². The van der Waals surface area contributed by atoms with E-state index in [0.717, 1.165) is 12.6 Å². The lowest BCUT2D eigenvalue weighted by Gasteiger charge is -2.08. The van der Waals surface area contributed by atoms with Gasteiger partial charge in [0, 0.05) is 24.7 Å². The van der Waals surface area contributed by atoms with Gasteiger partial charge in [-0.2, -0.15) is 5.10 Å². The van der Waals surface area contributed by atoms with Gasteiger partial charge in [-0.1, -0.05) is 6.42 Å². The van der Waals surface area contributed by atoms with Crippen molar-refractivity contribution in [1.82, 2.24) is 24.6 Å². The van der Waals surface area contributed by atoms with Crippen LogP contribution in [0.2, 0.25) is 0 Å². The minimum absolute atomic E-state index is 0.0628. The summed E-state index contributed by atoms with van der Waals surface area (Å²) in [5.74, 6) is -1.07. The average Bonchev–Trinajstić information content (AvgIpc) is 2.99. The van der Waals surface area contributed by atoms with Crippen molar-refractivity contribution in [2.24, 2.45) is 0 Å². The maximum atomic E-state index is 13.9. The first-order chi connectivity index (χ1) is 12.5. The number of halogens is 1. The first-order valence-corrected chi connectivity index (χ1v) is 8.10. The first kappa shape index (κ1) is 17.5. The van der Waals surface area contributed by atoms with Crippen LogP contribution < -0.4 is 11.0 Å². The second kappa shape index (κ2) is 7.72. The van der Waals surface area contributed by atoms with Crippen molar-refractivity contribution in [2.45, 2.75) is 25.7 Å². The highest BCUT2D eigenvalue weighted by Gasteiger charge is 2.10. The number of carboxylic acid groups (broad SMARTS) is 1. The molecule has 0 unspecified atom stereocenters. The van der Waals surface area contributed by atoms with E-state index in [1.54, 1.807) is 12.1 Å². The second-order valence-corrected chi connectivity index (χ2v) is 5.70. The fourth-order valence-electron chi connectivity index (χ4n) is 2.45. The zero-order chi connectivity index (χ0) is 18.5. The van der Waals surface area contributed by atoms with Crippen molar-refractivity contribution in [3.8, 4) is 11.4 Å². The van der Waals surface area contributed by atoms with Crippen LogP contribution in [0.15, 0.2) is 29.3 Å². The number of nitrogens with zero attached hydrogens (tertiary/aromatic N) is 4. The molecule has 3 aromatic heterocycles. The Morgan fingerprint density at radius 3 is 2.96 bits per heavy atom. The molecule has 3 heterocycles. The number of pyridine rings is 1. The molecule has 9 nitrogen and oxygen atoms in total. The van der Waals surface area contributed by atoms with Crippen LogP contribution in [0.1, 0.15) is 25.7 Å². The maximum absolute atomic E-state index is 13.9. The van der Waals surface area contributed by atoms with Gasteiger partial charge >= 0.3 is 11.7 Å². The maximum Gasteiger partial charge on any atom is 0.347 e. The number of fused-ring (bicyclic) bond motifs is 1. The number of rotatable bonds is 8. The molecule has 0 spiro atoms. The zero-order valence-electron chi connectivity index (χ0n) is 13.8. The van der Waals surface area contributed by atoms with Crippen molar-refractivity contribution >= 4 is 17.4 Å². The number of carboxylic acids is 1. The molecular weight excluding hydrogens is 343 g/mol. The third-order valence-electron chi connectivity index (χ3n) is 3.77. The Hall–Kier alpha value is -3.30. The largest absolute Gasteiger partial charge is 0.481 e. The van der Waals surface area contributed by atoms with E-state index >= 15 is 0 Å². The van der Waals surface area contributed by atoms with Gasteiger partial charge < -0.3 is 10.4 Å². The van der Waals surface area contributed by atoms with Gasteiger partial charge in [0.25, 0.3) is 0 Å². The number of aromatic nitrogens is 5. The van der Waals surface area contributed by atoms with E-state index in [1.807, 2.05) is 0 Å². The number of aliphatic carboxylic acids is 1. The summed E-state index contributed by atoms with van der Waals surface area (Å²) in [5, 5.41) is 17.6. The summed E-state index contributed by atoms with van der Waals surface area (Å²) in [6, 6.07) is 3.33. The molecule has 26 heavy (non-hydrogen) atoms. The van der Waals surface area contributed by atoms with Crippen LogP contribution in [-0.4, -0.2) is 42.2 Å². The molecule has 0 saturated heterocycles. The monoisotopic (exact) mass is 360 g/mol. The van der Waals surface area contributed by atoms with E-state index in [4.69, 9.17) is 5.11 Å². The summed E-state index contributed by atoms with van der Waals surface area (Å²) >= 11 is 0. The molecule has 0 amide bonds. The number of anilines is 1. The Bertz CT molecular complexity index is 984. The molecule has 10 heteroatoms. The van der Waals surface area contributed by atoms with Crippen molar-refractivity contribution in [3.05, 3.63) is 40.8 Å². The quantitative estimate of drug-likeness (QED) is 0.522. The summed E-state index contributed by atoms with van der Waals surface area (Å²) < 4.78 is 15.2. The van der Waals surface area contributed by atoms with Crippen LogP contribution in [0.25, 0.3) is 17.0 Å². The van der Waals surface area contributed by atoms with Crippen molar-refractivity contribution < 1.29 is 14.3 Å². The van der Waals surface area contributed by atoms with E-state index in [9.17, 15) is 14.0 Å². The van der Waals surface area contributed by atoms with E-state index in [-0.39, 0.29) is 23.8 Å². The van der Waals surface area contributed by atoms with Crippen molar-refractivity contribution in [2.75, 3.05) is 11.9 Å². The molecule has 0 atom stereocenters. The SMILES string of the molecule is O=C(O)CCCCCNc1nc(-c2ccc3n[nH]c(=O)n3c2)ncc1F. The summed E-state index contributed by atoms with van der Waals surface area (Å²) in [5.41, 5.74) is 0.620. The van der Waals surface area contributed by atoms with Crippen molar-refractivity contribution in [1.29, 1.82) is 0 Å².